The lowest BCUT2D eigenvalue weighted by Gasteiger charge is -2.15. The lowest BCUT2D eigenvalue weighted by atomic mass is 10.1. The van der Waals surface area contributed by atoms with Gasteiger partial charge in [-0.15, -0.1) is 0 Å². The average molecular weight is 351 g/mol. The first-order chi connectivity index (χ1) is 11.0. The summed E-state index contributed by atoms with van der Waals surface area (Å²) in [5, 5.41) is 1.85. The first-order valence-corrected chi connectivity index (χ1v) is 6.34. The van der Waals surface area contributed by atoms with Crippen LogP contribution < -0.4 is 5.32 Å². The van der Waals surface area contributed by atoms with E-state index in [-0.39, 0.29) is 6.07 Å². The van der Waals surface area contributed by atoms with E-state index in [4.69, 9.17) is 0 Å². The van der Waals surface area contributed by atoms with Crippen molar-refractivity contribution in [1.29, 1.82) is 0 Å². The van der Waals surface area contributed by atoms with Gasteiger partial charge in [0.25, 0.3) is 5.91 Å². The van der Waals surface area contributed by atoms with Crippen molar-refractivity contribution in [2.45, 2.75) is 12.4 Å². The SMILES string of the molecule is O=C(Nc1cc(C(F)(F)F)cc(C(F)(F)F)c1)c1ccccc1F. The van der Waals surface area contributed by atoms with E-state index in [9.17, 15) is 35.5 Å². The monoisotopic (exact) mass is 351 g/mol. The van der Waals surface area contributed by atoms with Crippen LogP contribution in [0.2, 0.25) is 0 Å². The zero-order chi connectivity index (χ0) is 18.1. The topological polar surface area (TPSA) is 29.1 Å². The van der Waals surface area contributed by atoms with E-state index in [1.807, 2.05) is 5.32 Å². The Bertz CT molecular complexity index is 733. The number of nitrogens with one attached hydrogen (secondary N) is 1. The van der Waals surface area contributed by atoms with E-state index in [2.05, 4.69) is 0 Å². The molecule has 0 fully saturated rings. The minimum atomic E-state index is -5.04. The number of carbonyl (C=O) groups excluding carboxylic acids is 1. The molecule has 0 aromatic heterocycles. The molecular weight excluding hydrogens is 343 g/mol. The number of anilines is 1. The summed E-state index contributed by atoms with van der Waals surface area (Å²) in [5.41, 5.74) is -4.42. The third kappa shape index (κ3) is 4.03. The molecular formula is C15H8F7NO. The smallest absolute Gasteiger partial charge is 0.322 e. The summed E-state index contributed by atoms with van der Waals surface area (Å²) in [4.78, 5) is 11.8. The molecule has 1 N–H and O–H groups in total. The second-order valence-corrected chi connectivity index (χ2v) is 4.73. The fourth-order valence-electron chi connectivity index (χ4n) is 1.87. The van der Waals surface area contributed by atoms with Crippen LogP contribution in [0.5, 0.6) is 0 Å². The second kappa shape index (κ2) is 6.14. The van der Waals surface area contributed by atoms with Crippen LogP contribution in [0.25, 0.3) is 0 Å². The minimum Gasteiger partial charge on any atom is -0.322 e. The van der Waals surface area contributed by atoms with Crippen molar-refractivity contribution in [2.75, 3.05) is 5.32 Å². The van der Waals surface area contributed by atoms with Crippen LogP contribution >= 0.6 is 0 Å². The normalized spacial score (nSPS) is 12.1. The van der Waals surface area contributed by atoms with Gasteiger partial charge in [0, 0.05) is 5.69 Å². The fourth-order valence-corrected chi connectivity index (χ4v) is 1.87. The molecule has 0 saturated heterocycles. The summed E-state index contributed by atoms with van der Waals surface area (Å²) in [5.74, 6) is -2.13. The third-order valence-corrected chi connectivity index (χ3v) is 2.96. The van der Waals surface area contributed by atoms with Gasteiger partial charge in [0.2, 0.25) is 0 Å². The quantitative estimate of drug-likeness (QED) is 0.748. The molecule has 0 atom stereocenters. The minimum absolute atomic E-state index is 0.0707. The van der Waals surface area contributed by atoms with Crippen molar-refractivity contribution in [3.8, 4) is 0 Å². The van der Waals surface area contributed by atoms with Gasteiger partial charge in [0.05, 0.1) is 16.7 Å². The molecule has 0 saturated carbocycles. The van der Waals surface area contributed by atoms with Gasteiger partial charge in [-0.05, 0) is 30.3 Å². The van der Waals surface area contributed by atoms with Gasteiger partial charge in [-0.1, -0.05) is 12.1 Å². The van der Waals surface area contributed by atoms with Crippen LogP contribution in [0.4, 0.5) is 36.4 Å². The van der Waals surface area contributed by atoms with Gasteiger partial charge in [0.15, 0.2) is 0 Å². The predicted octanol–water partition coefficient (Wildman–Crippen LogP) is 5.12. The molecule has 2 rings (SSSR count). The van der Waals surface area contributed by atoms with Gasteiger partial charge in [-0.25, -0.2) is 4.39 Å². The molecule has 0 aliphatic carbocycles. The number of amides is 1. The summed E-state index contributed by atoms with van der Waals surface area (Å²) in [6.45, 7) is 0. The Kier molecular flexibility index (Phi) is 4.54. The Morgan fingerprint density at radius 2 is 1.33 bits per heavy atom. The molecule has 0 radical (unpaired) electrons. The molecule has 9 heteroatoms. The Balaban J connectivity index is 2.43. The number of benzene rings is 2. The van der Waals surface area contributed by atoms with Crippen molar-refractivity contribution in [3.05, 3.63) is 65.0 Å². The van der Waals surface area contributed by atoms with E-state index >= 15 is 0 Å². The molecule has 2 aromatic rings. The lowest BCUT2D eigenvalue weighted by Crippen LogP contribution is -2.16. The van der Waals surface area contributed by atoms with Crippen LogP contribution in [0.3, 0.4) is 0 Å². The average Bonchev–Trinajstić information content (AvgIpc) is 2.45. The van der Waals surface area contributed by atoms with Gasteiger partial charge >= 0.3 is 12.4 Å². The van der Waals surface area contributed by atoms with Crippen LogP contribution in [0.15, 0.2) is 42.5 Å². The highest BCUT2D eigenvalue weighted by molar-refractivity contribution is 6.04. The first-order valence-electron chi connectivity index (χ1n) is 6.34. The number of hydrogen-bond donors (Lipinski definition) is 1. The number of alkyl halides is 6. The maximum Gasteiger partial charge on any atom is 0.416 e. The standard InChI is InChI=1S/C15H8F7NO/c16-12-4-2-1-3-11(12)13(24)23-10-6-8(14(17,18)19)5-9(7-10)15(20,21)22/h1-7H,(H,23,24). The molecule has 0 heterocycles. The highest BCUT2D eigenvalue weighted by Crippen LogP contribution is 2.37. The third-order valence-electron chi connectivity index (χ3n) is 2.96. The van der Waals surface area contributed by atoms with Crippen LogP contribution in [-0.4, -0.2) is 5.91 Å². The predicted molar refractivity (Wildman–Crippen MR) is 70.8 cm³/mol. The zero-order valence-electron chi connectivity index (χ0n) is 11.6. The summed E-state index contributed by atoms with van der Waals surface area (Å²) in [6, 6.07) is 5.16. The summed E-state index contributed by atoms with van der Waals surface area (Å²) < 4.78 is 89.8. The second-order valence-electron chi connectivity index (χ2n) is 4.73. The number of rotatable bonds is 2. The molecule has 128 valence electrons. The Labute approximate surface area is 130 Å². The maximum atomic E-state index is 13.5. The highest BCUT2D eigenvalue weighted by atomic mass is 19.4. The van der Waals surface area contributed by atoms with Crippen molar-refractivity contribution < 1.29 is 35.5 Å². The number of halogens is 7. The molecule has 0 spiro atoms. The van der Waals surface area contributed by atoms with Crippen LogP contribution in [0.1, 0.15) is 21.5 Å². The summed E-state index contributed by atoms with van der Waals surface area (Å²) >= 11 is 0. The largest absolute Gasteiger partial charge is 0.416 e. The van der Waals surface area contributed by atoms with Gasteiger partial charge in [-0.2, -0.15) is 26.3 Å². The van der Waals surface area contributed by atoms with Crippen LogP contribution in [0, 0.1) is 5.82 Å². The van der Waals surface area contributed by atoms with Gasteiger partial charge < -0.3 is 5.32 Å². The zero-order valence-corrected chi connectivity index (χ0v) is 11.6. The maximum absolute atomic E-state index is 13.5. The van der Waals surface area contributed by atoms with E-state index < -0.39 is 46.5 Å². The molecule has 2 nitrogen and oxygen atoms in total. The number of carbonyl (C=O) groups is 1. The fraction of sp³-hybridized carbons (Fsp3) is 0.133. The van der Waals surface area contributed by atoms with E-state index in [1.165, 1.54) is 12.1 Å². The van der Waals surface area contributed by atoms with Crippen molar-refractivity contribution in [3.63, 3.8) is 0 Å². The summed E-state index contributed by atoms with van der Waals surface area (Å²) in [6.07, 6.45) is -10.1. The van der Waals surface area contributed by atoms with E-state index in [1.54, 1.807) is 0 Å². The van der Waals surface area contributed by atoms with Crippen molar-refractivity contribution in [1.82, 2.24) is 0 Å². The van der Waals surface area contributed by atoms with E-state index in [0.29, 0.717) is 12.1 Å². The van der Waals surface area contributed by atoms with Crippen molar-refractivity contribution >= 4 is 11.6 Å². The van der Waals surface area contributed by atoms with Crippen LogP contribution in [-0.2, 0) is 12.4 Å². The van der Waals surface area contributed by atoms with Gasteiger partial charge in [0.1, 0.15) is 5.82 Å². The molecule has 0 aliphatic rings. The Morgan fingerprint density at radius 3 is 1.79 bits per heavy atom. The number of hydrogen-bond acceptors (Lipinski definition) is 1. The molecule has 24 heavy (non-hydrogen) atoms. The van der Waals surface area contributed by atoms with E-state index in [0.717, 1.165) is 12.1 Å². The summed E-state index contributed by atoms with van der Waals surface area (Å²) in [7, 11) is 0. The molecule has 2 aromatic carbocycles. The highest BCUT2D eigenvalue weighted by Gasteiger charge is 2.37. The molecule has 0 bridgehead atoms. The Morgan fingerprint density at radius 1 is 0.833 bits per heavy atom. The first kappa shape index (κ1) is 17.8. The molecule has 0 unspecified atom stereocenters. The molecule has 0 aliphatic heterocycles. The lowest BCUT2D eigenvalue weighted by molar-refractivity contribution is -0.143. The molecule has 1 amide bonds. The van der Waals surface area contributed by atoms with Crippen molar-refractivity contribution in [2.24, 2.45) is 0 Å². The van der Waals surface area contributed by atoms with Gasteiger partial charge in [-0.3, -0.25) is 4.79 Å². The Hall–Kier alpha value is -2.58.